The summed E-state index contributed by atoms with van der Waals surface area (Å²) in [6, 6.07) is 3.06. The second-order valence-corrected chi connectivity index (χ2v) is 3.96. The maximum Gasteiger partial charge on any atom is 0.257 e. The monoisotopic (exact) mass is 293 g/mol. The first-order chi connectivity index (χ1) is 8.15. The van der Waals surface area contributed by atoms with Gasteiger partial charge in [0, 0.05) is 11.8 Å². The summed E-state index contributed by atoms with van der Waals surface area (Å²) in [4.78, 5) is 23.5. The van der Waals surface area contributed by atoms with Gasteiger partial charge in [-0.3, -0.25) is 4.79 Å². The van der Waals surface area contributed by atoms with E-state index in [0.29, 0.717) is 21.8 Å². The van der Waals surface area contributed by atoms with Crippen LogP contribution in [0.1, 0.15) is 10.4 Å². The average Bonchev–Trinajstić information content (AvgIpc) is 2.32. The molecule has 0 radical (unpaired) electrons. The third-order valence-corrected chi connectivity index (χ3v) is 2.31. The topological polar surface area (TPSA) is 93.8 Å². The molecule has 2 heterocycles. The van der Waals surface area contributed by atoms with Gasteiger partial charge in [0.15, 0.2) is 5.82 Å². The molecule has 0 unspecified atom stereocenters. The van der Waals surface area contributed by atoms with E-state index in [9.17, 15) is 4.79 Å². The summed E-state index contributed by atoms with van der Waals surface area (Å²) in [7, 11) is 0. The maximum absolute atomic E-state index is 11.8. The molecule has 0 aliphatic carbocycles. The second-order valence-electron chi connectivity index (χ2n) is 3.15. The van der Waals surface area contributed by atoms with E-state index in [1.807, 2.05) is 0 Å². The van der Waals surface area contributed by atoms with E-state index in [0.717, 1.165) is 0 Å². The number of nitrogens with two attached hydrogens (primary N) is 1. The van der Waals surface area contributed by atoms with Gasteiger partial charge in [-0.15, -0.1) is 0 Å². The zero-order valence-electron chi connectivity index (χ0n) is 8.59. The summed E-state index contributed by atoms with van der Waals surface area (Å²) in [6.45, 7) is 0. The number of nitrogen functional groups attached to an aromatic ring is 1. The minimum atomic E-state index is -0.310. The van der Waals surface area contributed by atoms with Crippen molar-refractivity contribution < 1.29 is 4.79 Å². The highest BCUT2D eigenvalue weighted by Gasteiger charge is 2.07. The van der Waals surface area contributed by atoms with Gasteiger partial charge in [0.2, 0.25) is 0 Å². The number of aromatic nitrogens is 3. The lowest BCUT2D eigenvalue weighted by Gasteiger charge is -2.04. The van der Waals surface area contributed by atoms with Gasteiger partial charge in [0.25, 0.3) is 5.91 Å². The summed E-state index contributed by atoms with van der Waals surface area (Å²) < 4.78 is 0.601. The molecule has 0 bridgehead atoms. The van der Waals surface area contributed by atoms with Crippen molar-refractivity contribution in [3.8, 4) is 0 Å². The molecule has 86 valence electrons. The van der Waals surface area contributed by atoms with Crippen molar-refractivity contribution in [3.05, 3.63) is 40.9 Å². The summed E-state index contributed by atoms with van der Waals surface area (Å²) in [5.74, 6) is 0.351. The van der Waals surface area contributed by atoms with Crippen LogP contribution < -0.4 is 11.1 Å². The Morgan fingerprint density at radius 3 is 2.76 bits per heavy atom. The highest BCUT2D eigenvalue weighted by atomic mass is 79.9. The van der Waals surface area contributed by atoms with Crippen molar-refractivity contribution in [1.29, 1.82) is 0 Å². The number of hydrogen-bond acceptors (Lipinski definition) is 5. The smallest absolute Gasteiger partial charge is 0.257 e. The summed E-state index contributed by atoms with van der Waals surface area (Å²) in [5.41, 5.74) is 5.90. The molecular weight excluding hydrogens is 286 g/mol. The normalized spacial score (nSPS) is 9.94. The number of hydrogen-bond donors (Lipinski definition) is 2. The Labute approximate surface area is 105 Å². The van der Waals surface area contributed by atoms with Crippen LogP contribution in [0.3, 0.4) is 0 Å². The lowest BCUT2D eigenvalue weighted by atomic mass is 10.2. The molecule has 2 rings (SSSR count). The average molecular weight is 294 g/mol. The molecule has 0 aliphatic heterocycles. The standard InChI is InChI=1S/C10H8BrN5O/c11-7-4-15-9(5-14-7)16-10(17)6-1-2-13-8(12)3-6/h1-5H,(H2,12,13)(H,15,16,17). The minimum Gasteiger partial charge on any atom is -0.384 e. The fourth-order valence-electron chi connectivity index (χ4n) is 1.15. The lowest BCUT2D eigenvalue weighted by Crippen LogP contribution is -2.13. The molecule has 0 saturated carbocycles. The van der Waals surface area contributed by atoms with Crippen LogP contribution in [-0.4, -0.2) is 20.9 Å². The van der Waals surface area contributed by atoms with E-state index < -0.39 is 0 Å². The third-order valence-electron chi connectivity index (χ3n) is 1.91. The Morgan fingerprint density at radius 2 is 2.12 bits per heavy atom. The van der Waals surface area contributed by atoms with E-state index in [1.165, 1.54) is 24.7 Å². The molecule has 0 atom stereocenters. The number of carbonyl (C=O) groups excluding carboxylic acids is 1. The van der Waals surface area contributed by atoms with Crippen LogP contribution in [0.25, 0.3) is 0 Å². The zero-order valence-corrected chi connectivity index (χ0v) is 10.2. The zero-order chi connectivity index (χ0) is 12.3. The van der Waals surface area contributed by atoms with Crippen LogP contribution in [0.2, 0.25) is 0 Å². The Kier molecular flexibility index (Phi) is 3.29. The van der Waals surface area contributed by atoms with Gasteiger partial charge in [0.1, 0.15) is 10.4 Å². The Morgan fingerprint density at radius 1 is 1.29 bits per heavy atom. The first-order valence-electron chi connectivity index (χ1n) is 4.65. The van der Waals surface area contributed by atoms with Crippen LogP contribution in [0.4, 0.5) is 11.6 Å². The minimum absolute atomic E-state index is 0.291. The van der Waals surface area contributed by atoms with Crippen molar-refractivity contribution in [1.82, 2.24) is 15.0 Å². The molecule has 6 nitrogen and oxygen atoms in total. The Bertz CT molecular complexity index is 543. The molecule has 3 N–H and O–H groups in total. The number of nitrogens with zero attached hydrogens (tertiary/aromatic N) is 3. The second kappa shape index (κ2) is 4.88. The first-order valence-corrected chi connectivity index (χ1v) is 5.45. The van der Waals surface area contributed by atoms with Crippen molar-refractivity contribution in [2.24, 2.45) is 0 Å². The van der Waals surface area contributed by atoms with Crippen molar-refractivity contribution in [3.63, 3.8) is 0 Å². The Balaban J connectivity index is 2.14. The molecule has 17 heavy (non-hydrogen) atoms. The largest absolute Gasteiger partial charge is 0.384 e. The molecule has 2 aromatic rings. The van der Waals surface area contributed by atoms with Crippen LogP contribution in [-0.2, 0) is 0 Å². The highest BCUT2D eigenvalue weighted by Crippen LogP contribution is 2.09. The lowest BCUT2D eigenvalue weighted by molar-refractivity contribution is 0.102. The van der Waals surface area contributed by atoms with Gasteiger partial charge in [-0.25, -0.2) is 15.0 Å². The fraction of sp³-hybridized carbons (Fsp3) is 0. The van der Waals surface area contributed by atoms with E-state index in [1.54, 1.807) is 6.07 Å². The van der Waals surface area contributed by atoms with E-state index in [-0.39, 0.29) is 5.91 Å². The number of amides is 1. The van der Waals surface area contributed by atoms with Gasteiger partial charge in [0.05, 0.1) is 12.4 Å². The SMILES string of the molecule is Nc1cc(C(=O)Nc2cnc(Br)cn2)ccn1. The molecule has 0 fully saturated rings. The van der Waals surface area contributed by atoms with E-state index >= 15 is 0 Å². The van der Waals surface area contributed by atoms with Crippen molar-refractivity contribution in [2.45, 2.75) is 0 Å². The predicted octanol–water partition coefficient (Wildman–Crippen LogP) is 1.47. The molecule has 2 aromatic heterocycles. The first kappa shape index (κ1) is 11.5. The van der Waals surface area contributed by atoms with Gasteiger partial charge < -0.3 is 11.1 Å². The molecule has 0 spiro atoms. The summed E-state index contributed by atoms with van der Waals surface area (Å²) >= 11 is 3.16. The van der Waals surface area contributed by atoms with Gasteiger partial charge in [-0.1, -0.05) is 0 Å². The van der Waals surface area contributed by atoms with Gasteiger partial charge in [-0.2, -0.15) is 0 Å². The Hall–Kier alpha value is -2.02. The number of anilines is 2. The van der Waals surface area contributed by atoms with Gasteiger partial charge >= 0.3 is 0 Å². The van der Waals surface area contributed by atoms with E-state index in [4.69, 9.17) is 5.73 Å². The number of pyridine rings is 1. The molecule has 7 heteroatoms. The van der Waals surface area contributed by atoms with Crippen LogP contribution in [0.5, 0.6) is 0 Å². The van der Waals surface area contributed by atoms with Crippen LogP contribution in [0.15, 0.2) is 35.3 Å². The van der Waals surface area contributed by atoms with Gasteiger partial charge in [-0.05, 0) is 28.1 Å². The van der Waals surface area contributed by atoms with E-state index in [2.05, 4.69) is 36.2 Å². The molecule has 1 amide bonds. The highest BCUT2D eigenvalue weighted by molar-refractivity contribution is 9.10. The number of nitrogens with one attached hydrogen (secondary N) is 1. The fourth-order valence-corrected chi connectivity index (χ4v) is 1.36. The maximum atomic E-state index is 11.8. The molecule has 0 aromatic carbocycles. The summed E-state index contributed by atoms with van der Waals surface area (Å²) in [6.07, 6.45) is 4.42. The van der Waals surface area contributed by atoms with Crippen LogP contribution >= 0.6 is 15.9 Å². The van der Waals surface area contributed by atoms with Crippen molar-refractivity contribution >= 4 is 33.5 Å². The van der Waals surface area contributed by atoms with Crippen LogP contribution in [0, 0.1) is 0 Å². The molecular formula is C10H8BrN5O. The number of carbonyl (C=O) groups is 1. The molecule has 0 aliphatic rings. The third kappa shape index (κ3) is 2.97. The number of rotatable bonds is 2. The van der Waals surface area contributed by atoms with Crippen molar-refractivity contribution in [2.75, 3.05) is 11.1 Å². The summed E-state index contributed by atoms with van der Waals surface area (Å²) in [5, 5.41) is 2.60. The number of halogens is 1. The predicted molar refractivity (Wildman–Crippen MR) is 66.3 cm³/mol. The molecule has 0 saturated heterocycles. The quantitative estimate of drug-likeness (QED) is 0.874.